The zero-order chi connectivity index (χ0) is 23.4. The van der Waals surface area contributed by atoms with Crippen LogP contribution in [0, 0.1) is 0 Å². The second-order valence-electron chi connectivity index (χ2n) is 7.59. The standard InChI is InChI=1S/C24H24Cl2N2O4/c1-4-13-32-17-8-5-15(6-9-17)22(29)20-21(16-7-10-18(25)19(26)14-16)28(12-11-27(2)3)24(31)23(20)30/h4-10,14,21,29H,1,11-13H2,2-3H3/b22-20+/t21-/m0/s1. The summed E-state index contributed by atoms with van der Waals surface area (Å²) in [5, 5.41) is 11.7. The second-order valence-corrected chi connectivity index (χ2v) is 8.41. The fourth-order valence-corrected chi connectivity index (χ4v) is 3.77. The average molecular weight is 475 g/mol. The van der Waals surface area contributed by atoms with Crippen LogP contribution in [-0.2, 0) is 9.59 Å². The van der Waals surface area contributed by atoms with E-state index in [4.69, 9.17) is 27.9 Å². The van der Waals surface area contributed by atoms with Gasteiger partial charge in [0.2, 0.25) is 0 Å². The maximum absolute atomic E-state index is 13.0. The van der Waals surface area contributed by atoms with Crippen molar-refractivity contribution >= 4 is 40.7 Å². The molecule has 8 heteroatoms. The van der Waals surface area contributed by atoms with Crippen LogP contribution in [0.3, 0.4) is 0 Å². The minimum Gasteiger partial charge on any atom is -0.507 e. The SMILES string of the molecule is C=CCOc1ccc(/C(O)=C2\C(=O)C(=O)N(CCN(C)C)[C@H]2c2ccc(Cl)c(Cl)c2)cc1. The molecule has 1 amide bonds. The number of likely N-dealkylation sites (tertiary alicyclic amines) is 1. The summed E-state index contributed by atoms with van der Waals surface area (Å²) in [6.45, 7) is 4.79. The van der Waals surface area contributed by atoms with Crippen molar-refractivity contribution in [1.29, 1.82) is 0 Å². The normalized spacial score (nSPS) is 17.8. The fourth-order valence-electron chi connectivity index (χ4n) is 3.47. The van der Waals surface area contributed by atoms with E-state index in [-0.39, 0.29) is 11.3 Å². The van der Waals surface area contributed by atoms with Gasteiger partial charge in [-0.3, -0.25) is 9.59 Å². The topological polar surface area (TPSA) is 70.1 Å². The number of halogens is 2. The maximum atomic E-state index is 13.0. The number of nitrogens with zero attached hydrogens (tertiary/aromatic N) is 2. The summed E-state index contributed by atoms with van der Waals surface area (Å²) in [6.07, 6.45) is 1.63. The number of rotatable bonds is 8. The molecule has 0 radical (unpaired) electrons. The van der Waals surface area contributed by atoms with Crippen molar-refractivity contribution in [1.82, 2.24) is 9.80 Å². The molecule has 0 aliphatic carbocycles. The van der Waals surface area contributed by atoms with Crippen molar-refractivity contribution in [3.8, 4) is 5.75 Å². The van der Waals surface area contributed by atoms with Crippen LogP contribution < -0.4 is 4.74 Å². The number of carbonyl (C=O) groups excluding carboxylic acids is 2. The minimum absolute atomic E-state index is 0.00639. The average Bonchev–Trinajstić information content (AvgIpc) is 3.02. The molecule has 2 aromatic rings. The Morgan fingerprint density at radius 2 is 1.84 bits per heavy atom. The van der Waals surface area contributed by atoms with Gasteiger partial charge in [-0.2, -0.15) is 0 Å². The molecular formula is C24H24Cl2N2O4. The number of aliphatic hydroxyl groups is 1. The Morgan fingerprint density at radius 1 is 1.16 bits per heavy atom. The highest BCUT2D eigenvalue weighted by Crippen LogP contribution is 2.40. The summed E-state index contributed by atoms with van der Waals surface area (Å²) >= 11 is 12.3. The highest BCUT2D eigenvalue weighted by atomic mass is 35.5. The van der Waals surface area contributed by atoms with Crippen LogP contribution in [0.15, 0.2) is 60.7 Å². The number of ether oxygens (including phenoxy) is 1. The molecule has 0 unspecified atom stereocenters. The summed E-state index contributed by atoms with van der Waals surface area (Å²) < 4.78 is 5.46. The van der Waals surface area contributed by atoms with E-state index in [0.717, 1.165) is 0 Å². The Hall–Kier alpha value is -2.80. The first-order valence-electron chi connectivity index (χ1n) is 9.96. The molecule has 1 aliphatic heterocycles. The second kappa shape index (κ2) is 10.2. The smallest absolute Gasteiger partial charge is 0.295 e. The van der Waals surface area contributed by atoms with Crippen LogP contribution in [-0.4, -0.2) is 60.4 Å². The van der Waals surface area contributed by atoms with Crippen molar-refractivity contribution in [3.05, 3.63) is 81.9 Å². The van der Waals surface area contributed by atoms with Gasteiger partial charge in [0.25, 0.3) is 11.7 Å². The molecule has 1 aliphatic rings. The molecule has 2 aromatic carbocycles. The molecule has 3 rings (SSSR count). The molecule has 1 saturated heterocycles. The van der Waals surface area contributed by atoms with Crippen molar-refractivity contribution in [2.75, 3.05) is 33.8 Å². The number of hydrogen-bond acceptors (Lipinski definition) is 5. The monoisotopic (exact) mass is 474 g/mol. The molecule has 0 saturated carbocycles. The van der Waals surface area contributed by atoms with E-state index in [0.29, 0.717) is 46.6 Å². The number of hydrogen-bond donors (Lipinski definition) is 1. The van der Waals surface area contributed by atoms with E-state index in [9.17, 15) is 14.7 Å². The van der Waals surface area contributed by atoms with E-state index < -0.39 is 17.7 Å². The quantitative estimate of drug-likeness (QED) is 0.263. The van der Waals surface area contributed by atoms with E-state index in [2.05, 4.69) is 6.58 Å². The Bertz CT molecular complexity index is 1060. The Kier molecular flexibility index (Phi) is 7.61. The first-order valence-corrected chi connectivity index (χ1v) is 10.7. The van der Waals surface area contributed by atoms with Gasteiger partial charge in [-0.1, -0.05) is 41.9 Å². The summed E-state index contributed by atoms with van der Waals surface area (Å²) in [5.74, 6) is -1.09. The lowest BCUT2D eigenvalue weighted by atomic mass is 9.95. The molecule has 6 nitrogen and oxygen atoms in total. The number of Topliss-reactive ketones (excluding diaryl/α,β-unsaturated/α-hetero) is 1. The molecule has 1 atom stereocenters. The van der Waals surface area contributed by atoms with Crippen LogP contribution >= 0.6 is 23.2 Å². The summed E-state index contributed by atoms with van der Waals surface area (Å²) in [5.41, 5.74) is 0.989. The minimum atomic E-state index is -0.790. The first-order chi connectivity index (χ1) is 15.2. The third-order valence-electron chi connectivity index (χ3n) is 5.08. The number of benzene rings is 2. The molecule has 0 spiro atoms. The molecule has 168 valence electrons. The van der Waals surface area contributed by atoms with E-state index in [1.807, 2.05) is 19.0 Å². The van der Waals surface area contributed by atoms with Gasteiger partial charge in [-0.15, -0.1) is 0 Å². The Labute approximate surface area is 197 Å². The van der Waals surface area contributed by atoms with E-state index in [1.165, 1.54) is 4.90 Å². The van der Waals surface area contributed by atoms with Gasteiger partial charge < -0.3 is 19.6 Å². The van der Waals surface area contributed by atoms with Crippen LogP contribution in [0.2, 0.25) is 10.0 Å². The Morgan fingerprint density at radius 3 is 2.44 bits per heavy atom. The van der Waals surface area contributed by atoms with Gasteiger partial charge in [0.1, 0.15) is 18.1 Å². The van der Waals surface area contributed by atoms with Crippen molar-refractivity contribution in [2.45, 2.75) is 6.04 Å². The summed E-state index contributed by atoms with van der Waals surface area (Å²) in [4.78, 5) is 29.3. The third-order valence-corrected chi connectivity index (χ3v) is 5.82. The van der Waals surface area contributed by atoms with Crippen molar-refractivity contribution in [3.63, 3.8) is 0 Å². The predicted octanol–water partition coefficient (Wildman–Crippen LogP) is 4.54. The van der Waals surface area contributed by atoms with Gasteiger partial charge in [0.05, 0.1) is 21.7 Å². The molecule has 1 N–H and O–H groups in total. The maximum Gasteiger partial charge on any atom is 0.295 e. The number of ketones is 1. The van der Waals surface area contributed by atoms with Crippen LogP contribution in [0.5, 0.6) is 5.75 Å². The van der Waals surface area contributed by atoms with Gasteiger partial charge in [0, 0.05) is 18.7 Å². The predicted molar refractivity (Wildman–Crippen MR) is 126 cm³/mol. The van der Waals surface area contributed by atoms with Gasteiger partial charge in [-0.25, -0.2) is 0 Å². The van der Waals surface area contributed by atoms with Crippen molar-refractivity contribution in [2.24, 2.45) is 0 Å². The number of amides is 1. The third kappa shape index (κ3) is 4.99. The largest absolute Gasteiger partial charge is 0.507 e. The van der Waals surface area contributed by atoms with E-state index in [1.54, 1.807) is 48.5 Å². The zero-order valence-electron chi connectivity index (χ0n) is 17.8. The lowest BCUT2D eigenvalue weighted by Crippen LogP contribution is -2.35. The highest BCUT2D eigenvalue weighted by Gasteiger charge is 2.46. The highest BCUT2D eigenvalue weighted by molar-refractivity contribution is 6.46. The molecule has 0 aromatic heterocycles. The van der Waals surface area contributed by atoms with Crippen LogP contribution in [0.4, 0.5) is 0 Å². The molecule has 1 heterocycles. The van der Waals surface area contributed by atoms with Crippen molar-refractivity contribution < 1.29 is 19.4 Å². The molecule has 32 heavy (non-hydrogen) atoms. The summed E-state index contributed by atoms with van der Waals surface area (Å²) in [6, 6.07) is 10.7. The number of aliphatic hydroxyl groups excluding tert-OH is 1. The van der Waals surface area contributed by atoms with Gasteiger partial charge in [-0.05, 0) is 56.1 Å². The summed E-state index contributed by atoms with van der Waals surface area (Å²) in [7, 11) is 3.75. The lowest BCUT2D eigenvalue weighted by Gasteiger charge is -2.26. The number of likely N-dealkylation sites (N-methyl/N-ethyl adjacent to an activating group) is 1. The van der Waals surface area contributed by atoms with Gasteiger partial charge >= 0.3 is 0 Å². The van der Waals surface area contributed by atoms with Crippen LogP contribution in [0.25, 0.3) is 5.76 Å². The molecule has 1 fully saturated rings. The fraction of sp³-hybridized carbons (Fsp3) is 0.250. The molecule has 0 bridgehead atoms. The lowest BCUT2D eigenvalue weighted by molar-refractivity contribution is -0.140. The van der Waals surface area contributed by atoms with Crippen LogP contribution in [0.1, 0.15) is 17.2 Å². The van der Waals surface area contributed by atoms with E-state index >= 15 is 0 Å². The van der Waals surface area contributed by atoms with Gasteiger partial charge in [0.15, 0.2) is 0 Å². The number of carbonyl (C=O) groups is 2. The zero-order valence-corrected chi connectivity index (χ0v) is 19.4. The first kappa shape index (κ1) is 23.9. The Balaban J connectivity index is 2.09. The molecular weight excluding hydrogens is 451 g/mol.